The first-order valence-electron chi connectivity index (χ1n) is 6.26. The standard InChI is InChI=1S/C13H18O4/c1-2-5-9(14)11-10(15)8-13(17-12(11)16)6-3-4-7-13/h14H,2-8H2,1H3/b11-9+. The zero-order valence-corrected chi connectivity index (χ0v) is 10.1. The van der Waals surface area contributed by atoms with Crippen molar-refractivity contribution in [3.63, 3.8) is 0 Å². The van der Waals surface area contributed by atoms with Crippen LogP contribution in [-0.4, -0.2) is 22.5 Å². The van der Waals surface area contributed by atoms with E-state index in [0.29, 0.717) is 12.8 Å². The lowest BCUT2D eigenvalue weighted by molar-refractivity contribution is -0.162. The second-order valence-corrected chi connectivity index (χ2v) is 4.95. The number of hydrogen-bond donors (Lipinski definition) is 1. The topological polar surface area (TPSA) is 63.6 Å². The van der Waals surface area contributed by atoms with Crippen molar-refractivity contribution in [2.75, 3.05) is 0 Å². The number of carbonyl (C=O) groups excluding carboxylic acids is 2. The van der Waals surface area contributed by atoms with E-state index in [1.165, 1.54) is 0 Å². The van der Waals surface area contributed by atoms with Gasteiger partial charge in [0.1, 0.15) is 16.9 Å². The Labute approximate surface area is 101 Å². The van der Waals surface area contributed by atoms with Crippen molar-refractivity contribution < 1.29 is 19.4 Å². The zero-order valence-electron chi connectivity index (χ0n) is 10.1. The Balaban J connectivity index is 2.22. The van der Waals surface area contributed by atoms with Gasteiger partial charge in [-0.1, -0.05) is 6.92 Å². The number of carbonyl (C=O) groups is 2. The van der Waals surface area contributed by atoms with E-state index in [4.69, 9.17) is 4.74 Å². The van der Waals surface area contributed by atoms with Gasteiger partial charge in [0, 0.05) is 6.42 Å². The van der Waals surface area contributed by atoms with Gasteiger partial charge in [-0.2, -0.15) is 0 Å². The predicted octanol–water partition coefficient (Wildman–Crippen LogP) is 2.43. The van der Waals surface area contributed by atoms with Gasteiger partial charge in [-0.05, 0) is 32.1 Å². The number of rotatable bonds is 2. The van der Waals surface area contributed by atoms with E-state index in [9.17, 15) is 14.7 Å². The van der Waals surface area contributed by atoms with Gasteiger partial charge < -0.3 is 9.84 Å². The Bertz CT molecular complexity index is 353. The monoisotopic (exact) mass is 238 g/mol. The van der Waals surface area contributed by atoms with E-state index in [-0.39, 0.29) is 23.5 Å². The van der Waals surface area contributed by atoms with Crippen LogP contribution in [0.4, 0.5) is 0 Å². The highest BCUT2D eigenvalue weighted by Crippen LogP contribution is 2.40. The lowest BCUT2D eigenvalue weighted by atomic mass is 9.88. The molecule has 1 saturated heterocycles. The second-order valence-electron chi connectivity index (χ2n) is 4.95. The number of hydrogen-bond acceptors (Lipinski definition) is 4. The van der Waals surface area contributed by atoms with Crippen molar-refractivity contribution in [1.29, 1.82) is 0 Å². The van der Waals surface area contributed by atoms with Crippen molar-refractivity contribution in [3.8, 4) is 0 Å². The smallest absolute Gasteiger partial charge is 0.345 e. The van der Waals surface area contributed by atoms with E-state index < -0.39 is 11.6 Å². The third-order valence-electron chi connectivity index (χ3n) is 3.57. The maximum atomic E-state index is 12.0. The highest BCUT2D eigenvalue weighted by molar-refractivity contribution is 6.19. The minimum absolute atomic E-state index is 0.115. The van der Waals surface area contributed by atoms with Crippen LogP contribution in [0.15, 0.2) is 11.3 Å². The van der Waals surface area contributed by atoms with E-state index in [1.54, 1.807) is 0 Å². The van der Waals surface area contributed by atoms with Crippen molar-refractivity contribution >= 4 is 11.8 Å². The van der Waals surface area contributed by atoms with Crippen LogP contribution in [0.25, 0.3) is 0 Å². The Kier molecular flexibility index (Phi) is 3.22. The molecule has 1 aliphatic carbocycles. The molecule has 0 aromatic heterocycles. The molecule has 1 N–H and O–H groups in total. The van der Waals surface area contributed by atoms with Crippen molar-refractivity contribution in [2.24, 2.45) is 0 Å². The van der Waals surface area contributed by atoms with Crippen LogP contribution >= 0.6 is 0 Å². The molecule has 1 saturated carbocycles. The quantitative estimate of drug-likeness (QED) is 0.347. The summed E-state index contributed by atoms with van der Waals surface area (Å²) in [5.41, 5.74) is -0.686. The summed E-state index contributed by atoms with van der Waals surface area (Å²) < 4.78 is 5.41. The fourth-order valence-corrected chi connectivity index (χ4v) is 2.72. The maximum Gasteiger partial charge on any atom is 0.345 e. The molecule has 1 heterocycles. The van der Waals surface area contributed by atoms with Crippen molar-refractivity contribution in [2.45, 2.75) is 57.5 Å². The Morgan fingerprint density at radius 2 is 2.00 bits per heavy atom. The number of Topliss-reactive ketones (excluding diaryl/α,β-unsaturated/α-hetero) is 1. The summed E-state index contributed by atoms with van der Waals surface area (Å²) in [7, 11) is 0. The molecular formula is C13H18O4. The molecule has 0 unspecified atom stereocenters. The van der Waals surface area contributed by atoms with E-state index in [0.717, 1.165) is 25.7 Å². The highest BCUT2D eigenvalue weighted by atomic mass is 16.6. The molecule has 0 amide bonds. The number of ketones is 1. The van der Waals surface area contributed by atoms with Crippen LogP contribution in [0.5, 0.6) is 0 Å². The van der Waals surface area contributed by atoms with Crippen LogP contribution in [0.2, 0.25) is 0 Å². The molecule has 0 radical (unpaired) electrons. The zero-order chi connectivity index (χ0) is 12.5. The maximum absolute atomic E-state index is 12.0. The molecule has 2 aliphatic rings. The molecule has 4 heteroatoms. The Hall–Kier alpha value is -1.32. The van der Waals surface area contributed by atoms with Crippen molar-refractivity contribution in [1.82, 2.24) is 0 Å². The summed E-state index contributed by atoms with van der Waals surface area (Å²) in [6.45, 7) is 1.88. The SMILES string of the molecule is CCC/C(O)=C1/C(=O)CC2(CCCC2)OC1=O. The predicted molar refractivity (Wildman–Crippen MR) is 61.5 cm³/mol. The van der Waals surface area contributed by atoms with Gasteiger partial charge in [0.15, 0.2) is 5.78 Å². The summed E-state index contributed by atoms with van der Waals surface area (Å²) in [6, 6.07) is 0. The molecule has 0 aromatic rings. The minimum atomic E-state index is -0.630. The largest absolute Gasteiger partial charge is 0.511 e. The van der Waals surface area contributed by atoms with Gasteiger partial charge in [0.2, 0.25) is 0 Å². The van der Waals surface area contributed by atoms with Gasteiger partial charge in [-0.15, -0.1) is 0 Å². The molecule has 1 spiro atoms. The highest BCUT2D eigenvalue weighted by Gasteiger charge is 2.46. The number of esters is 1. The van der Waals surface area contributed by atoms with E-state index in [2.05, 4.69) is 0 Å². The first kappa shape index (κ1) is 12.1. The third-order valence-corrected chi connectivity index (χ3v) is 3.57. The fourth-order valence-electron chi connectivity index (χ4n) is 2.72. The molecule has 2 rings (SSSR count). The first-order valence-corrected chi connectivity index (χ1v) is 6.26. The van der Waals surface area contributed by atoms with Crippen LogP contribution in [0.1, 0.15) is 51.9 Å². The summed E-state index contributed by atoms with van der Waals surface area (Å²) >= 11 is 0. The van der Waals surface area contributed by atoms with Gasteiger partial charge in [0.25, 0.3) is 0 Å². The van der Waals surface area contributed by atoms with Crippen LogP contribution in [-0.2, 0) is 14.3 Å². The van der Waals surface area contributed by atoms with Gasteiger partial charge in [-0.25, -0.2) is 4.79 Å². The molecule has 0 bridgehead atoms. The first-order chi connectivity index (χ1) is 8.08. The van der Waals surface area contributed by atoms with Crippen LogP contribution in [0, 0.1) is 0 Å². The van der Waals surface area contributed by atoms with Gasteiger partial charge >= 0.3 is 5.97 Å². The molecule has 0 aromatic carbocycles. The van der Waals surface area contributed by atoms with E-state index >= 15 is 0 Å². The van der Waals surface area contributed by atoms with E-state index in [1.807, 2.05) is 6.92 Å². The molecule has 94 valence electrons. The number of ether oxygens (including phenoxy) is 1. The summed E-state index contributed by atoms with van der Waals surface area (Å²) in [5, 5.41) is 9.70. The minimum Gasteiger partial charge on any atom is -0.511 e. The number of allylic oxidation sites excluding steroid dienone is 1. The molecule has 4 nitrogen and oxygen atoms in total. The third kappa shape index (κ3) is 2.21. The second kappa shape index (κ2) is 4.51. The normalized spacial score (nSPS) is 26.2. The lowest BCUT2D eigenvalue weighted by Gasteiger charge is -2.33. The van der Waals surface area contributed by atoms with Crippen molar-refractivity contribution in [3.05, 3.63) is 11.3 Å². The van der Waals surface area contributed by atoms with Crippen LogP contribution in [0.3, 0.4) is 0 Å². The summed E-state index contributed by atoms with van der Waals surface area (Å²) in [6.07, 6.45) is 4.83. The fraction of sp³-hybridized carbons (Fsp3) is 0.692. The summed E-state index contributed by atoms with van der Waals surface area (Å²) in [4.78, 5) is 23.8. The lowest BCUT2D eigenvalue weighted by Crippen LogP contribution is -2.42. The molecule has 1 aliphatic heterocycles. The van der Waals surface area contributed by atoms with Gasteiger partial charge in [0.05, 0.1) is 6.42 Å². The Morgan fingerprint density at radius 1 is 1.35 bits per heavy atom. The Morgan fingerprint density at radius 3 is 2.53 bits per heavy atom. The molecule has 2 fully saturated rings. The average molecular weight is 238 g/mol. The molecule has 0 atom stereocenters. The van der Waals surface area contributed by atoms with Gasteiger partial charge in [-0.3, -0.25) is 4.79 Å². The number of aliphatic hydroxyl groups is 1. The number of aliphatic hydroxyl groups excluding tert-OH is 1. The molecular weight excluding hydrogens is 220 g/mol. The van der Waals surface area contributed by atoms with Crippen LogP contribution < -0.4 is 0 Å². The molecule has 17 heavy (non-hydrogen) atoms. The summed E-state index contributed by atoms with van der Waals surface area (Å²) in [5.74, 6) is -1.00. The average Bonchev–Trinajstić information content (AvgIpc) is 2.65.